The van der Waals surface area contributed by atoms with Crippen LogP contribution in [0.25, 0.3) is 10.9 Å². The normalized spacial score (nSPS) is 16.7. The minimum atomic E-state index is -0.312. The van der Waals surface area contributed by atoms with Gasteiger partial charge in [0, 0.05) is 69.1 Å². The summed E-state index contributed by atoms with van der Waals surface area (Å²) in [6.45, 7) is 8.93. The number of hydrogen-bond acceptors (Lipinski definition) is 8. The minimum absolute atomic E-state index is 0. The molecule has 0 aliphatic carbocycles. The van der Waals surface area contributed by atoms with Crippen molar-refractivity contribution in [1.82, 2.24) is 15.3 Å². The van der Waals surface area contributed by atoms with Gasteiger partial charge in [-0.15, -0.1) is 12.4 Å². The van der Waals surface area contributed by atoms with Crippen LogP contribution in [0.5, 0.6) is 0 Å². The summed E-state index contributed by atoms with van der Waals surface area (Å²) in [6.07, 6.45) is 1.74. The van der Waals surface area contributed by atoms with Gasteiger partial charge in [-0.3, -0.25) is 0 Å². The average molecular weight is 531 g/mol. The van der Waals surface area contributed by atoms with Gasteiger partial charge >= 0.3 is 0 Å². The third-order valence-corrected chi connectivity index (χ3v) is 7.98. The van der Waals surface area contributed by atoms with Gasteiger partial charge < -0.3 is 19.9 Å². The summed E-state index contributed by atoms with van der Waals surface area (Å²) in [5, 5.41) is 14.7. The number of aromatic nitrogens is 2. The lowest BCUT2D eigenvalue weighted by atomic mass is 9.96. The van der Waals surface area contributed by atoms with Gasteiger partial charge in [0.1, 0.15) is 16.5 Å². The number of hydrogen-bond donors (Lipinski definition) is 1. The van der Waals surface area contributed by atoms with Crippen molar-refractivity contribution in [2.45, 2.75) is 38.5 Å². The van der Waals surface area contributed by atoms with Crippen LogP contribution in [-0.2, 0) is 4.74 Å². The lowest BCUT2D eigenvalue weighted by molar-refractivity contribution is 0.0846. The average Bonchev–Trinajstić information content (AvgIpc) is 3.33. The second-order valence-electron chi connectivity index (χ2n) is 9.55. The Morgan fingerprint density at radius 1 is 1.19 bits per heavy atom. The van der Waals surface area contributed by atoms with E-state index in [2.05, 4.69) is 30.1 Å². The molecule has 2 aliphatic rings. The molecule has 1 aromatic carbocycles. The van der Waals surface area contributed by atoms with Crippen molar-refractivity contribution in [2.24, 2.45) is 0 Å². The minimum Gasteiger partial charge on any atom is -0.381 e. The predicted octanol–water partition coefficient (Wildman–Crippen LogP) is 5.32. The summed E-state index contributed by atoms with van der Waals surface area (Å²) in [6, 6.07) is 8.04. The fraction of sp³-hybridized carbons (Fsp3) is 0.500. The zero-order chi connectivity index (χ0) is 24.5. The Morgan fingerprint density at radius 2 is 1.92 bits per heavy atom. The van der Waals surface area contributed by atoms with Gasteiger partial charge in [-0.05, 0) is 37.0 Å². The molecule has 2 aromatic heterocycles. The Morgan fingerprint density at radius 3 is 2.58 bits per heavy atom. The number of halogens is 2. The van der Waals surface area contributed by atoms with E-state index in [1.165, 1.54) is 11.3 Å². The van der Waals surface area contributed by atoms with Crippen LogP contribution in [0.1, 0.15) is 54.8 Å². The summed E-state index contributed by atoms with van der Waals surface area (Å²) in [5.74, 6) is 0.0597. The Bertz CT molecular complexity index is 1260. The first-order valence-electron chi connectivity index (χ1n) is 12.3. The number of fused-ring (bicyclic) bond motifs is 1. The lowest BCUT2D eigenvalue weighted by Gasteiger charge is -2.30. The number of piperazine rings is 1. The molecule has 10 heteroatoms. The van der Waals surface area contributed by atoms with Crippen molar-refractivity contribution < 1.29 is 9.13 Å². The second-order valence-corrected chi connectivity index (χ2v) is 10.5. The van der Waals surface area contributed by atoms with Gasteiger partial charge in [-0.25, -0.2) is 14.4 Å². The molecule has 2 aliphatic heterocycles. The molecule has 192 valence electrons. The first-order valence-corrected chi connectivity index (χ1v) is 13.1. The van der Waals surface area contributed by atoms with Crippen LogP contribution in [0.3, 0.4) is 0 Å². The lowest BCUT2D eigenvalue weighted by Crippen LogP contribution is -2.43. The molecule has 3 aromatic rings. The van der Waals surface area contributed by atoms with Crippen LogP contribution in [-0.4, -0.2) is 56.4 Å². The maximum Gasteiger partial charge on any atom is 0.191 e. The highest BCUT2D eigenvalue weighted by Crippen LogP contribution is 2.40. The van der Waals surface area contributed by atoms with E-state index in [0.29, 0.717) is 23.6 Å². The number of anilines is 3. The highest BCUT2D eigenvalue weighted by Gasteiger charge is 2.26. The number of benzene rings is 1. The summed E-state index contributed by atoms with van der Waals surface area (Å²) in [5.41, 5.74) is 3.78. The summed E-state index contributed by atoms with van der Waals surface area (Å²) >= 11 is 1.40. The molecule has 0 amide bonds. The molecule has 4 heterocycles. The van der Waals surface area contributed by atoms with E-state index in [1.54, 1.807) is 6.07 Å². The smallest absolute Gasteiger partial charge is 0.191 e. The first kappa shape index (κ1) is 26.6. The number of rotatable bonds is 5. The van der Waals surface area contributed by atoms with Gasteiger partial charge in [0.05, 0.1) is 11.4 Å². The van der Waals surface area contributed by atoms with Gasteiger partial charge in [0.2, 0.25) is 0 Å². The van der Waals surface area contributed by atoms with Crippen LogP contribution in [0, 0.1) is 17.1 Å². The maximum absolute atomic E-state index is 15.5. The molecule has 2 fully saturated rings. The van der Waals surface area contributed by atoms with Gasteiger partial charge in [0.15, 0.2) is 10.9 Å². The Hall–Kier alpha value is -2.51. The third kappa shape index (κ3) is 5.14. The van der Waals surface area contributed by atoms with Crippen LogP contribution in [0.2, 0.25) is 0 Å². The SMILES string of the molecule is CC(C)c1cc(N(C)c2nc(C3CCOCC3)c(C#N)s2)c2cc(N3CCNCC3)cc(F)c2n1.Cl. The molecule has 5 rings (SSSR count). The van der Waals surface area contributed by atoms with Crippen molar-refractivity contribution in [3.05, 3.63) is 40.3 Å². The fourth-order valence-electron chi connectivity index (χ4n) is 4.85. The van der Waals surface area contributed by atoms with Gasteiger partial charge in [-0.2, -0.15) is 5.26 Å². The number of nitrogens with zero attached hydrogens (tertiary/aromatic N) is 5. The summed E-state index contributed by atoms with van der Waals surface area (Å²) in [7, 11) is 1.95. The Kier molecular flexibility index (Phi) is 8.30. The molecule has 0 bridgehead atoms. The van der Waals surface area contributed by atoms with Crippen molar-refractivity contribution in [1.29, 1.82) is 5.26 Å². The van der Waals surface area contributed by atoms with Crippen LogP contribution in [0.15, 0.2) is 18.2 Å². The number of pyridine rings is 1. The topological polar surface area (TPSA) is 77.3 Å². The molecule has 7 nitrogen and oxygen atoms in total. The van der Waals surface area contributed by atoms with Crippen molar-refractivity contribution in [3.8, 4) is 6.07 Å². The molecular formula is C26H32ClFN6OS. The van der Waals surface area contributed by atoms with Crippen LogP contribution < -0.4 is 15.1 Å². The standard InChI is InChI=1S/C26H31FN6OS.ClH/c1-16(2)21-14-22(19-12-18(13-20(27)25(19)30-21)33-8-6-29-7-9-33)32(3)26-31-24(23(15-28)35-26)17-4-10-34-11-5-17;/h12-14,16-17,29H,4-11H2,1-3H3;1H. The van der Waals surface area contributed by atoms with Crippen LogP contribution in [0.4, 0.5) is 20.9 Å². The van der Waals surface area contributed by atoms with E-state index >= 15 is 4.39 Å². The van der Waals surface area contributed by atoms with E-state index in [4.69, 9.17) is 14.7 Å². The molecule has 1 N–H and O–H groups in total. The van der Waals surface area contributed by atoms with E-state index in [-0.39, 0.29) is 30.1 Å². The Balaban J connectivity index is 0.00000304. The highest BCUT2D eigenvalue weighted by atomic mass is 35.5. The van der Waals surface area contributed by atoms with Crippen molar-refractivity contribution in [3.63, 3.8) is 0 Å². The number of nitrogens with one attached hydrogen (secondary N) is 1. The van der Waals surface area contributed by atoms with E-state index in [9.17, 15) is 5.26 Å². The largest absolute Gasteiger partial charge is 0.381 e. The molecule has 0 atom stereocenters. The van der Waals surface area contributed by atoms with E-state index in [0.717, 1.165) is 72.3 Å². The van der Waals surface area contributed by atoms with Crippen molar-refractivity contribution >= 4 is 51.2 Å². The third-order valence-electron chi connectivity index (χ3n) is 6.92. The molecule has 0 unspecified atom stereocenters. The highest BCUT2D eigenvalue weighted by molar-refractivity contribution is 7.16. The molecular weight excluding hydrogens is 499 g/mol. The fourth-order valence-corrected chi connectivity index (χ4v) is 5.77. The second kappa shape index (κ2) is 11.3. The molecule has 0 radical (unpaired) electrons. The number of thiazole rings is 1. The molecule has 36 heavy (non-hydrogen) atoms. The molecule has 0 spiro atoms. The number of ether oxygens (including phenoxy) is 1. The quantitative estimate of drug-likeness (QED) is 0.478. The van der Waals surface area contributed by atoms with E-state index < -0.39 is 0 Å². The Labute approximate surface area is 221 Å². The first-order chi connectivity index (χ1) is 17.0. The zero-order valence-corrected chi connectivity index (χ0v) is 22.5. The zero-order valence-electron chi connectivity index (χ0n) is 20.9. The monoisotopic (exact) mass is 530 g/mol. The molecule has 0 saturated carbocycles. The molecule has 2 saturated heterocycles. The van der Waals surface area contributed by atoms with Gasteiger partial charge in [0.25, 0.3) is 0 Å². The maximum atomic E-state index is 15.5. The van der Waals surface area contributed by atoms with Gasteiger partial charge in [-0.1, -0.05) is 25.2 Å². The van der Waals surface area contributed by atoms with Crippen LogP contribution >= 0.6 is 23.7 Å². The predicted molar refractivity (Wildman–Crippen MR) is 146 cm³/mol. The van der Waals surface area contributed by atoms with Crippen molar-refractivity contribution in [2.75, 3.05) is 56.2 Å². The number of nitriles is 1. The van der Waals surface area contributed by atoms with E-state index in [1.807, 2.05) is 24.1 Å². The summed E-state index contributed by atoms with van der Waals surface area (Å²) < 4.78 is 21.0. The summed E-state index contributed by atoms with van der Waals surface area (Å²) in [4.78, 5) is 14.5.